The van der Waals surface area contributed by atoms with Crippen LogP contribution < -0.4 is 5.32 Å². The Morgan fingerprint density at radius 2 is 2.12 bits per heavy atom. The van der Waals surface area contributed by atoms with E-state index in [2.05, 4.69) is 14.7 Å². The van der Waals surface area contributed by atoms with E-state index >= 15 is 0 Å². The van der Waals surface area contributed by atoms with E-state index in [0.29, 0.717) is 29.1 Å². The number of alkyl halides is 2. The van der Waals surface area contributed by atoms with Crippen LogP contribution in [0.1, 0.15) is 40.1 Å². The van der Waals surface area contributed by atoms with Gasteiger partial charge in [0.25, 0.3) is 6.43 Å². The van der Waals surface area contributed by atoms with Gasteiger partial charge in [0.1, 0.15) is 23.2 Å². The first kappa shape index (κ1) is 21.8. The number of halogens is 3. The molecule has 1 aromatic heterocycles. The van der Waals surface area contributed by atoms with Crippen LogP contribution in [-0.4, -0.2) is 33.4 Å². The van der Waals surface area contributed by atoms with Gasteiger partial charge in [-0.05, 0) is 54.2 Å². The van der Waals surface area contributed by atoms with E-state index in [1.807, 2.05) is 12.1 Å². The maximum absolute atomic E-state index is 14.4. The van der Waals surface area contributed by atoms with Crippen LogP contribution >= 0.6 is 11.5 Å². The number of hydrogen-bond acceptors (Lipinski definition) is 5. The first-order valence-corrected chi connectivity index (χ1v) is 10.5. The van der Waals surface area contributed by atoms with Crippen LogP contribution in [0.2, 0.25) is 0 Å². The van der Waals surface area contributed by atoms with E-state index in [0.717, 1.165) is 12.1 Å². The Kier molecular flexibility index (Phi) is 5.84. The molecule has 3 aromatic rings. The highest BCUT2D eigenvalue weighted by Gasteiger charge is 2.45. The number of amides is 2. The van der Waals surface area contributed by atoms with E-state index in [9.17, 15) is 23.2 Å². The van der Waals surface area contributed by atoms with E-state index in [1.54, 1.807) is 13.0 Å². The maximum atomic E-state index is 14.4. The molecule has 10 heteroatoms. The fourth-order valence-electron chi connectivity index (χ4n) is 3.88. The molecule has 164 valence electrons. The average Bonchev–Trinajstić information content (AvgIpc) is 3.46. The third kappa shape index (κ3) is 3.91. The predicted octanol–water partition coefficient (Wildman–Crippen LogP) is 5.02. The molecule has 32 heavy (non-hydrogen) atoms. The van der Waals surface area contributed by atoms with Crippen LogP contribution in [-0.2, 0) is 5.41 Å². The molecule has 1 saturated heterocycles. The monoisotopic (exact) mass is 457 g/mol. The summed E-state index contributed by atoms with van der Waals surface area (Å²) >= 11 is 1.18. The van der Waals surface area contributed by atoms with E-state index < -0.39 is 17.9 Å². The lowest BCUT2D eigenvalue weighted by Crippen LogP contribution is -2.37. The molecule has 0 saturated carbocycles. The molecule has 1 aliphatic heterocycles. The number of nitrogens with zero attached hydrogens (tertiary/aromatic N) is 4. The van der Waals surface area contributed by atoms with Gasteiger partial charge in [-0.25, -0.2) is 22.9 Å². The third-order valence-corrected chi connectivity index (χ3v) is 6.58. The van der Waals surface area contributed by atoms with E-state index in [-0.39, 0.29) is 29.2 Å². The molecular weight excluding hydrogens is 439 g/mol. The third-order valence-electron chi connectivity index (χ3n) is 5.71. The number of carbonyl (C=O) groups is 1. The molecule has 2 amide bonds. The number of benzene rings is 2. The summed E-state index contributed by atoms with van der Waals surface area (Å²) in [6, 6.07) is 9.83. The lowest BCUT2D eigenvalue weighted by Gasteiger charge is -2.28. The molecule has 4 rings (SSSR count). The van der Waals surface area contributed by atoms with E-state index in [4.69, 9.17) is 0 Å². The topological polar surface area (TPSA) is 81.9 Å². The number of rotatable bonds is 4. The Bertz CT molecular complexity index is 1190. The maximum Gasteiger partial charge on any atom is 0.321 e. The van der Waals surface area contributed by atoms with Crippen molar-refractivity contribution in [3.05, 3.63) is 75.8 Å². The van der Waals surface area contributed by atoms with Crippen LogP contribution in [0.5, 0.6) is 0 Å². The Morgan fingerprint density at radius 1 is 1.31 bits per heavy atom. The molecule has 6 nitrogen and oxygen atoms in total. The van der Waals surface area contributed by atoms with Gasteiger partial charge in [-0.1, -0.05) is 18.2 Å². The fraction of sp³-hybridized carbons (Fsp3) is 0.273. The largest absolute Gasteiger partial charge is 0.323 e. The van der Waals surface area contributed by atoms with Crippen molar-refractivity contribution in [3.63, 3.8) is 0 Å². The predicted molar refractivity (Wildman–Crippen MR) is 113 cm³/mol. The van der Waals surface area contributed by atoms with Crippen LogP contribution in [0.15, 0.2) is 42.7 Å². The van der Waals surface area contributed by atoms with Crippen LogP contribution in [0.3, 0.4) is 0 Å². The number of nitriles is 1. The lowest BCUT2D eigenvalue weighted by atomic mass is 9.80. The molecular formula is C22H18F3N5OS. The number of anilines is 1. The summed E-state index contributed by atoms with van der Waals surface area (Å²) in [7, 11) is 0. The van der Waals surface area contributed by atoms with Crippen molar-refractivity contribution in [2.24, 2.45) is 0 Å². The Morgan fingerprint density at radius 3 is 2.78 bits per heavy atom. The van der Waals surface area contributed by atoms with Gasteiger partial charge in [0.15, 0.2) is 0 Å². The second kappa shape index (κ2) is 8.59. The number of urea groups is 1. The number of hydrogen-bond donors (Lipinski definition) is 1. The standard InChI is InChI=1S/C22H18F3N5OS/c1-13-2-5-16(9-17(13)23)22(20-27-12-28-32-20)6-7-30(11-22)21(31)29-18-8-14(19(24)25)3-4-15(18)10-26/h2-5,8-9,12,19H,6-7,11H2,1H3,(H,29,31). The van der Waals surface area contributed by atoms with Gasteiger partial charge in [0, 0.05) is 18.7 Å². The van der Waals surface area contributed by atoms with Crippen molar-refractivity contribution in [3.8, 4) is 6.07 Å². The summed E-state index contributed by atoms with van der Waals surface area (Å²) < 4.78 is 44.6. The highest BCUT2D eigenvalue weighted by molar-refractivity contribution is 7.05. The first-order chi connectivity index (χ1) is 15.3. The molecule has 1 unspecified atom stereocenters. The zero-order valence-corrected chi connectivity index (χ0v) is 17.8. The van der Waals surface area contributed by atoms with Crippen molar-refractivity contribution in [1.82, 2.24) is 14.3 Å². The second-order valence-electron chi connectivity index (χ2n) is 7.61. The van der Waals surface area contributed by atoms with Gasteiger partial charge in [-0.15, -0.1) is 0 Å². The number of carbonyl (C=O) groups excluding carboxylic acids is 1. The number of nitrogens with one attached hydrogen (secondary N) is 1. The number of aryl methyl sites for hydroxylation is 1. The quantitative estimate of drug-likeness (QED) is 0.597. The number of aromatic nitrogens is 2. The minimum Gasteiger partial charge on any atom is -0.323 e. The molecule has 1 aliphatic rings. The summed E-state index contributed by atoms with van der Waals surface area (Å²) in [6.07, 6.45) is -0.823. The van der Waals surface area contributed by atoms with Crippen molar-refractivity contribution < 1.29 is 18.0 Å². The molecule has 0 radical (unpaired) electrons. The van der Waals surface area contributed by atoms with Gasteiger partial charge < -0.3 is 10.2 Å². The second-order valence-corrected chi connectivity index (χ2v) is 8.39. The first-order valence-electron chi connectivity index (χ1n) is 9.76. The lowest BCUT2D eigenvalue weighted by molar-refractivity contribution is 0.151. The van der Waals surface area contributed by atoms with Gasteiger partial charge in [0.05, 0.1) is 16.7 Å². The number of likely N-dealkylation sites (tertiary alicyclic amines) is 1. The smallest absolute Gasteiger partial charge is 0.321 e. The molecule has 1 N–H and O–H groups in total. The molecule has 2 heterocycles. The van der Waals surface area contributed by atoms with Crippen molar-refractivity contribution in [2.75, 3.05) is 18.4 Å². The van der Waals surface area contributed by atoms with Gasteiger partial charge in [0.2, 0.25) is 0 Å². The molecule has 2 aromatic carbocycles. The van der Waals surface area contributed by atoms with Crippen LogP contribution in [0.25, 0.3) is 0 Å². The molecule has 0 spiro atoms. The average molecular weight is 457 g/mol. The normalized spacial score (nSPS) is 18.1. The fourth-order valence-corrected chi connectivity index (χ4v) is 4.63. The zero-order chi connectivity index (χ0) is 22.9. The minimum atomic E-state index is -2.73. The van der Waals surface area contributed by atoms with Crippen molar-refractivity contribution in [2.45, 2.75) is 25.2 Å². The zero-order valence-electron chi connectivity index (χ0n) is 17.0. The molecule has 1 fully saturated rings. The van der Waals surface area contributed by atoms with Gasteiger partial charge in [-0.3, -0.25) is 0 Å². The Hall–Kier alpha value is -3.45. The Labute approximate surface area is 186 Å². The van der Waals surface area contributed by atoms with Gasteiger partial charge >= 0.3 is 6.03 Å². The minimum absolute atomic E-state index is 0.0186. The molecule has 0 aliphatic carbocycles. The molecule has 0 bridgehead atoms. The van der Waals surface area contributed by atoms with Crippen LogP contribution in [0, 0.1) is 24.1 Å². The van der Waals surface area contributed by atoms with Crippen molar-refractivity contribution >= 4 is 23.3 Å². The summed E-state index contributed by atoms with van der Waals surface area (Å²) in [4.78, 5) is 18.8. The van der Waals surface area contributed by atoms with Gasteiger partial charge in [-0.2, -0.15) is 9.64 Å². The molecule has 1 atom stereocenters. The highest BCUT2D eigenvalue weighted by atomic mass is 32.1. The summed E-state index contributed by atoms with van der Waals surface area (Å²) in [5.41, 5.74) is 0.263. The van der Waals surface area contributed by atoms with Crippen LogP contribution in [0.4, 0.5) is 23.7 Å². The summed E-state index contributed by atoms with van der Waals surface area (Å²) in [5.74, 6) is -0.350. The Balaban J connectivity index is 1.63. The summed E-state index contributed by atoms with van der Waals surface area (Å²) in [6.45, 7) is 2.20. The highest BCUT2D eigenvalue weighted by Crippen LogP contribution is 2.42. The van der Waals surface area contributed by atoms with Crippen molar-refractivity contribution in [1.29, 1.82) is 5.26 Å². The SMILES string of the molecule is Cc1ccc(C2(c3ncns3)CCN(C(=O)Nc3cc(C(F)F)ccc3C#N)C2)cc1F. The summed E-state index contributed by atoms with van der Waals surface area (Å²) in [5, 5.41) is 12.5. The van der Waals surface area contributed by atoms with E-state index in [1.165, 1.54) is 34.9 Å².